The molecule has 8 nitrogen and oxygen atoms in total. The Morgan fingerprint density at radius 1 is 1.31 bits per heavy atom. The fourth-order valence-electron chi connectivity index (χ4n) is 2.98. The Kier molecular flexibility index (Phi) is 4.89. The predicted molar refractivity (Wildman–Crippen MR) is 104 cm³/mol. The lowest BCUT2D eigenvalue weighted by molar-refractivity contribution is -0.125. The van der Waals surface area contributed by atoms with Crippen LogP contribution >= 0.6 is 11.6 Å². The topological polar surface area (TPSA) is 98.1 Å². The van der Waals surface area contributed by atoms with E-state index >= 15 is 0 Å². The maximum absolute atomic E-state index is 13.2. The zero-order chi connectivity index (χ0) is 20.5. The average molecular weight is 416 g/mol. The Bertz CT molecular complexity index is 1100. The number of nitrogens with zero attached hydrogens (tertiary/aromatic N) is 3. The van der Waals surface area contributed by atoms with E-state index in [0.29, 0.717) is 22.0 Å². The molecule has 0 saturated carbocycles. The number of aromatic nitrogens is 3. The number of carbonyl (C=O) groups is 2. The summed E-state index contributed by atoms with van der Waals surface area (Å²) < 4.78 is 19.7. The third kappa shape index (κ3) is 3.77. The van der Waals surface area contributed by atoms with Crippen molar-refractivity contribution in [2.75, 3.05) is 17.7 Å². The molecule has 0 bridgehead atoms. The molecule has 0 aliphatic carbocycles. The summed E-state index contributed by atoms with van der Waals surface area (Å²) in [5, 5.41) is 10.1. The van der Waals surface area contributed by atoms with Gasteiger partial charge in [0, 0.05) is 10.6 Å². The number of methoxy groups -OCH3 is 1. The maximum atomic E-state index is 13.2. The normalized spacial score (nSPS) is 15.4. The molecule has 0 saturated heterocycles. The van der Waals surface area contributed by atoms with E-state index < -0.39 is 17.8 Å². The van der Waals surface area contributed by atoms with Crippen molar-refractivity contribution < 1.29 is 18.7 Å². The summed E-state index contributed by atoms with van der Waals surface area (Å²) in [6.07, 6.45) is -0.117. The number of hydrogen-bond acceptors (Lipinski definition) is 5. The summed E-state index contributed by atoms with van der Waals surface area (Å²) in [5.41, 5.74) is 0.926. The minimum Gasteiger partial charge on any atom is -0.495 e. The first-order chi connectivity index (χ1) is 13.9. The summed E-state index contributed by atoms with van der Waals surface area (Å²) in [5.74, 6) is -0.405. The fourth-order valence-corrected chi connectivity index (χ4v) is 3.15. The summed E-state index contributed by atoms with van der Waals surface area (Å²) in [6, 6.07) is 9.48. The number of amides is 2. The lowest BCUT2D eigenvalue weighted by Crippen LogP contribution is -2.36. The van der Waals surface area contributed by atoms with Gasteiger partial charge in [0.1, 0.15) is 17.6 Å². The number of hydrogen-bond donors (Lipinski definition) is 2. The molecule has 1 unspecified atom stereocenters. The van der Waals surface area contributed by atoms with Gasteiger partial charge in [0.2, 0.25) is 17.8 Å². The third-order valence-corrected chi connectivity index (χ3v) is 4.62. The Labute approximate surface area is 169 Å². The number of nitrogens with one attached hydrogen (secondary N) is 2. The second kappa shape index (κ2) is 7.51. The first-order valence-corrected chi connectivity index (χ1v) is 8.99. The van der Waals surface area contributed by atoms with Gasteiger partial charge in [0.25, 0.3) is 0 Å². The standard InChI is InChI=1S/C19H15ClFN5O3/c1-29-15-7-4-11(20)8-13(15)22-18(28)14-9-16(27)23-19-24-17(25-26(14)19)10-2-5-12(21)6-3-10/h2-8,14H,9H2,1H3,(H,22,28)(H,23,24,25,27). The molecule has 2 N–H and O–H groups in total. The van der Waals surface area contributed by atoms with E-state index in [1.807, 2.05) is 0 Å². The molecule has 1 aliphatic rings. The Balaban J connectivity index is 1.66. The van der Waals surface area contributed by atoms with E-state index in [1.165, 1.54) is 36.1 Å². The van der Waals surface area contributed by atoms with E-state index in [0.717, 1.165) is 0 Å². The van der Waals surface area contributed by atoms with Crippen molar-refractivity contribution in [3.05, 3.63) is 53.3 Å². The highest BCUT2D eigenvalue weighted by atomic mass is 35.5. The monoisotopic (exact) mass is 415 g/mol. The van der Waals surface area contributed by atoms with Crippen molar-refractivity contribution in [1.29, 1.82) is 0 Å². The molecule has 148 valence electrons. The largest absolute Gasteiger partial charge is 0.495 e. The minimum absolute atomic E-state index is 0.117. The number of carbonyl (C=O) groups excluding carboxylic acids is 2. The number of ether oxygens (including phenoxy) is 1. The predicted octanol–water partition coefficient (Wildman–Crippen LogP) is 3.27. The molecule has 29 heavy (non-hydrogen) atoms. The van der Waals surface area contributed by atoms with Gasteiger partial charge in [0.15, 0.2) is 5.82 Å². The highest BCUT2D eigenvalue weighted by Gasteiger charge is 2.33. The molecule has 10 heteroatoms. The number of halogens is 2. The summed E-state index contributed by atoms with van der Waals surface area (Å²) >= 11 is 6.00. The molecule has 2 amide bonds. The molecule has 0 fully saturated rings. The Hall–Kier alpha value is -3.46. The second-order valence-corrected chi connectivity index (χ2v) is 6.75. The highest BCUT2D eigenvalue weighted by molar-refractivity contribution is 6.31. The van der Waals surface area contributed by atoms with Crippen molar-refractivity contribution in [3.63, 3.8) is 0 Å². The van der Waals surface area contributed by atoms with Crippen LogP contribution in [0.2, 0.25) is 5.02 Å². The fraction of sp³-hybridized carbons (Fsp3) is 0.158. The van der Waals surface area contributed by atoms with Crippen molar-refractivity contribution in [3.8, 4) is 17.1 Å². The Morgan fingerprint density at radius 2 is 2.07 bits per heavy atom. The van der Waals surface area contributed by atoms with Gasteiger partial charge in [-0.05, 0) is 42.5 Å². The SMILES string of the molecule is COc1ccc(Cl)cc1NC(=O)C1CC(=O)Nc2nc(-c3ccc(F)cc3)nn21. The van der Waals surface area contributed by atoms with E-state index in [-0.39, 0.29) is 24.1 Å². The van der Waals surface area contributed by atoms with E-state index in [4.69, 9.17) is 16.3 Å². The maximum Gasteiger partial charge on any atom is 0.250 e. The zero-order valence-electron chi connectivity index (χ0n) is 15.1. The second-order valence-electron chi connectivity index (χ2n) is 6.31. The van der Waals surface area contributed by atoms with Gasteiger partial charge in [-0.2, -0.15) is 4.98 Å². The van der Waals surface area contributed by atoms with Crippen LogP contribution in [-0.4, -0.2) is 33.7 Å². The molecule has 1 aliphatic heterocycles. The van der Waals surface area contributed by atoms with Gasteiger partial charge < -0.3 is 10.1 Å². The molecule has 0 spiro atoms. The van der Waals surface area contributed by atoms with Crippen molar-refractivity contribution in [1.82, 2.24) is 14.8 Å². The molecule has 2 heterocycles. The van der Waals surface area contributed by atoms with Crippen LogP contribution in [0.25, 0.3) is 11.4 Å². The molecule has 4 rings (SSSR count). The highest BCUT2D eigenvalue weighted by Crippen LogP contribution is 2.31. The smallest absolute Gasteiger partial charge is 0.250 e. The number of fused-ring (bicyclic) bond motifs is 1. The van der Waals surface area contributed by atoms with Crippen molar-refractivity contribution in [2.24, 2.45) is 0 Å². The first kappa shape index (κ1) is 18.9. The van der Waals surface area contributed by atoms with Crippen LogP contribution in [0.1, 0.15) is 12.5 Å². The van der Waals surface area contributed by atoms with Crippen LogP contribution in [0.4, 0.5) is 16.0 Å². The summed E-state index contributed by atoms with van der Waals surface area (Å²) in [4.78, 5) is 29.3. The Morgan fingerprint density at radius 3 is 2.79 bits per heavy atom. The van der Waals surface area contributed by atoms with Crippen LogP contribution in [0, 0.1) is 5.82 Å². The number of benzene rings is 2. The lowest BCUT2D eigenvalue weighted by atomic mass is 10.1. The molecular formula is C19H15ClFN5O3. The van der Waals surface area contributed by atoms with Crippen LogP contribution in [0.5, 0.6) is 5.75 Å². The molecule has 1 aromatic heterocycles. The molecule has 3 aromatic rings. The summed E-state index contributed by atoms with van der Waals surface area (Å²) in [7, 11) is 1.47. The van der Waals surface area contributed by atoms with Gasteiger partial charge in [-0.15, -0.1) is 5.10 Å². The first-order valence-electron chi connectivity index (χ1n) is 8.61. The molecular weight excluding hydrogens is 401 g/mol. The van der Waals surface area contributed by atoms with E-state index in [1.54, 1.807) is 18.2 Å². The number of rotatable bonds is 4. The van der Waals surface area contributed by atoms with Crippen molar-refractivity contribution >= 4 is 35.1 Å². The van der Waals surface area contributed by atoms with Crippen molar-refractivity contribution in [2.45, 2.75) is 12.5 Å². The third-order valence-electron chi connectivity index (χ3n) is 4.38. The lowest BCUT2D eigenvalue weighted by Gasteiger charge is -2.22. The van der Waals surface area contributed by atoms with Crippen LogP contribution in [0.15, 0.2) is 42.5 Å². The number of anilines is 2. The van der Waals surface area contributed by atoms with E-state index in [9.17, 15) is 14.0 Å². The average Bonchev–Trinajstić information content (AvgIpc) is 3.11. The molecule has 1 atom stereocenters. The minimum atomic E-state index is -0.927. The van der Waals surface area contributed by atoms with E-state index in [2.05, 4.69) is 20.7 Å². The van der Waals surface area contributed by atoms with Gasteiger partial charge >= 0.3 is 0 Å². The van der Waals surface area contributed by atoms with Gasteiger partial charge in [0.05, 0.1) is 19.2 Å². The molecule has 0 radical (unpaired) electrons. The van der Waals surface area contributed by atoms with Crippen LogP contribution in [-0.2, 0) is 9.59 Å². The summed E-state index contributed by atoms with van der Waals surface area (Å²) in [6.45, 7) is 0. The molecule has 2 aromatic carbocycles. The van der Waals surface area contributed by atoms with Crippen LogP contribution in [0.3, 0.4) is 0 Å². The van der Waals surface area contributed by atoms with Gasteiger partial charge in [-0.25, -0.2) is 9.07 Å². The quantitative estimate of drug-likeness (QED) is 0.681. The van der Waals surface area contributed by atoms with Crippen LogP contribution < -0.4 is 15.4 Å². The van der Waals surface area contributed by atoms with Gasteiger partial charge in [-0.3, -0.25) is 14.9 Å². The van der Waals surface area contributed by atoms with Gasteiger partial charge in [-0.1, -0.05) is 11.6 Å². The zero-order valence-corrected chi connectivity index (χ0v) is 15.9.